The number of rotatable bonds is 7. The van der Waals surface area contributed by atoms with Gasteiger partial charge in [0.15, 0.2) is 0 Å². The van der Waals surface area contributed by atoms with Crippen molar-refractivity contribution in [3.63, 3.8) is 0 Å². The van der Waals surface area contributed by atoms with Crippen LogP contribution in [0.4, 0.5) is 8.78 Å². The SMILES string of the molecule is Cc1cc(OCC2(F)CCOCC2)cc(C)c1-c1ccc(F)c(COc2cc3c(cn2)C2CC2C3)c1.PS. The Morgan fingerprint density at radius 3 is 2.55 bits per heavy atom. The number of hydrogen-bond acceptors (Lipinski definition) is 5. The first-order valence-corrected chi connectivity index (χ1v) is 15.1. The number of fused-ring (bicyclic) bond motifs is 3. The average Bonchev–Trinajstić information content (AvgIpc) is 3.59. The molecule has 1 aromatic heterocycles. The molecule has 2 fully saturated rings. The summed E-state index contributed by atoms with van der Waals surface area (Å²) in [7, 11) is 2.11. The van der Waals surface area contributed by atoms with Crippen LogP contribution in [-0.4, -0.2) is 30.5 Å². The number of hydrogen-bond donors (Lipinski definition) is 1. The smallest absolute Gasteiger partial charge is 0.213 e. The van der Waals surface area contributed by atoms with Crippen LogP contribution in [0.25, 0.3) is 11.1 Å². The van der Waals surface area contributed by atoms with E-state index in [2.05, 4.69) is 25.7 Å². The second kappa shape index (κ2) is 11.5. The maximum atomic E-state index is 14.9. The van der Waals surface area contributed by atoms with Crippen molar-refractivity contribution in [3.8, 4) is 22.8 Å². The van der Waals surface area contributed by atoms with Gasteiger partial charge in [0.1, 0.15) is 30.4 Å². The third kappa shape index (κ3) is 5.85. The Bertz CT molecular complexity index is 1290. The first-order chi connectivity index (χ1) is 18.4. The lowest BCUT2D eigenvalue weighted by Gasteiger charge is -2.29. The van der Waals surface area contributed by atoms with E-state index in [9.17, 15) is 8.78 Å². The molecule has 0 amide bonds. The summed E-state index contributed by atoms with van der Waals surface area (Å²) in [5.41, 5.74) is 5.70. The molecule has 3 aliphatic rings. The van der Waals surface area contributed by atoms with Crippen LogP contribution in [0.3, 0.4) is 0 Å². The van der Waals surface area contributed by atoms with Gasteiger partial charge in [-0.05, 0) is 96.2 Å². The number of pyridine rings is 1. The van der Waals surface area contributed by atoms with E-state index in [4.69, 9.17) is 14.2 Å². The maximum Gasteiger partial charge on any atom is 0.213 e. The number of aromatic nitrogens is 1. The molecule has 1 aliphatic heterocycles. The van der Waals surface area contributed by atoms with Gasteiger partial charge in [-0.3, -0.25) is 0 Å². The monoisotopic (exact) mass is 557 g/mol. The van der Waals surface area contributed by atoms with Crippen LogP contribution in [-0.2, 0) is 17.8 Å². The van der Waals surface area contributed by atoms with Gasteiger partial charge in [-0.1, -0.05) is 14.5 Å². The quantitative estimate of drug-likeness (QED) is 0.244. The molecule has 3 unspecified atom stereocenters. The highest BCUT2D eigenvalue weighted by molar-refractivity contribution is 8.31. The number of aryl methyl sites for hydroxylation is 2. The molecule has 3 atom stereocenters. The van der Waals surface area contributed by atoms with Gasteiger partial charge in [-0.15, -0.1) is 0 Å². The lowest BCUT2D eigenvalue weighted by molar-refractivity contribution is -0.0323. The van der Waals surface area contributed by atoms with Gasteiger partial charge < -0.3 is 14.2 Å². The van der Waals surface area contributed by atoms with E-state index in [0.29, 0.717) is 49.2 Å². The van der Waals surface area contributed by atoms with Crippen molar-refractivity contribution in [2.75, 3.05) is 19.8 Å². The lowest BCUT2D eigenvalue weighted by Crippen LogP contribution is -2.37. The fourth-order valence-electron chi connectivity index (χ4n) is 5.76. The van der Waals surface area contributed by atoms with Crippen LogP contribution >= 0.6 is 20.7 Å². The average molecular weight is 558 g/mol. The van der Waals surface area contributed by atoms with Crippen LogP contribution in [0.15, 0.2) is 42.6 Å². The van der Waals surface area contributed by atoms with Gasteiger partial charge in [0, 0.05) is 43.9 Å². The molecule has 1 saturated heterocycles. The predicted octanol–water partition coefficient (Wildman–Crippen LogP) is 7.35. The van der Waals surface area contributed by atoms with Crippen molar-refractivity contribution in [1.82, 2.24) is 4.98 Å². The summed E-state index contributed by atoms with van der Waals surface area (Å²) < 4.78 is 46.6. The number of thiol groups is 1. The van der Waals surface area contributed by atoms with E-state index in [0.717, 1.165) is 34.6 Å². The molecule has 38 heavy (non-hydrogen) atoms. The highest BCUT2D eigenvalue weighted by Gasteiger charge is 2.45. The summed E-state index contributed by atoms with van der Waals surface area (Å²) in [6.45, 7) is 4.97. The van der Waals surface area contributed by atoms with Crippen LogP contribution in [0.5, 0.6) is 11.6 Å². The summed E-state index contributed by atoms with van der Waals surface area (Å²) in [6, 6.07) is 11.0. The maximum absolute atomic E-state index is 14.9. The minimum Gasteiger partial charge on any atom is -0.490 e. The fourth-order valence-corrected chi connectivity index (χ4v) is 5.76. The van der Waals surface area contributed by atoms with Crippen molar-refractivity contribution in [2.45, 2.75) is 57.7 Å². The van der Waals surface area contributed by atoms with Crippen LogP contribution in [0.1, 0.15) is 53.0 Å². The summed E-state index contributed by atoms with van der Waals surface area (Å²) >= 11 is 3.44. The van der Waals surface area contributed by atoms with Gasteiger partial charge in [0.2, 0.25) is 5.88 Å². The molecule has 202 valence electrons. The summed E-state index contributed by atoms with van der Waals surface area (Å²) in [4.78, 5) is 4.45. The molecular formula is C30H34F2NO3PS. The number of benzene rings is 2. The fraction of sp³-hybridized carbons (Fsp3) is 0.433. The number of nitrogens with zero attached hydrogens (tertiary/aromatic N) is 1. The van der Waals surface area contributed by atoms with Crippen molar-refractivity contribution >= 4 is 20.7 Å². The predicted molar refractivity (Wildman–Crippen MR) is 153 cm³/mol. The largest absolute Gasteiger partial charge is 0.490 e. The Balaban J connectivity index is 0.00000144. The molecule has 1 saturated carbocycles. The summed E-state index contributed by atoms with van der Waals surface area (Å²) in [6.07, 6.45) is 5.02. The third-order valence-electron chi connectivity index (χ3n) is 7.91. The minimum atomic E-state index is -1.35. The Morgan fingerprint density at radius 1 is 1.08 bits per heavy atom. The lowest BCUT2D eigenvalue weighted by atomic mass is 9.94. The highest BCUT2D eigenvalue weighted by Crippen LogP contribution is 2.56. The zero-order valence-electron chi connectivity index (χ0n) is 21.8. The van der Waals surface area contributed by atoms with E-state index < -0.39 is 5.67 Å². The molecule has 8 heteroatoms. The molecule has 0 radical (unpaired) electrons. The van der Waals surface area contributed by atoms with E-state index in [-0.39, 0.29) is 19.0 Å². The van der Waals surface area contributed by atoms with Crippen LogP contribution in [0.2, 0.25) is 0 Å². The summed E-state index contributed by atoms with van der Waals surface area (Å²) in [5.74, 6) is 2.36. The van der Waals surface area contributed by atoms with E-state index >= 15 is 0 Å². The van der Waals surface area contributed by atoms with Crippen LogP contribution < -0.4 is 9.47 Å². The summed E-state index contributed by atoms with van der Waals surface area (Å²) in [5, 5.41) is 0. The van der Waals surface area contributed by atoms with Crippen molar-refractivity contribution in [2.24, 2.45) is 5.92 Å². The first kappa shape index (κ1) is 27.4. The Labute approximate surface area is 230 Å². The molecule has 2 aromatic carbocycles. The Hall–Kier alpha value is -2.21. The van der Waals surface area contributed by atoms with Crippen molar-refractivity contribution in [1.29, 1.82) is 0 Å². The molecule has 0 bridgehead atoms. The first-order valence-electron chi connectivity index (χ1n) is 13.1. The van der Waals surface area contributed by atoms with Crippen molar-refractivity contribution < 1.29 is 23.0 Å². The number of ether oxygens (including phenoxy) is 3. The second-order valence-corrected chi connectivity index (χ2v) is 10.6. The minimum absolute atomic E-state index is 0.0185. The van der Waals surface area contributed by atoms with Gasteiger partial charge in [0.05, 0.1) is 0 Å². The highest BCUT2D eigenvalue weighted by atomic mass is 32.7. The third-order valence-corrected chi connectivity index (χ3v) is 7.91. The molecule has 6 rings (SSSR count). The van der Waals surface area contributed by atoms with Crippen molar-refractivity contribution in [3.05, 3.63) is 76.2 Å². The van der Waals surface area contributed by atoms with E-state index in [1.54, 1.807) is 6.07 Å². The molecule has 3 aromatic rings. The van der Waals surface area contributed by atoms with Gasteiger partial charge in [-0.2, -0.15) is 12.2 Å². The van der Waals surface area contributed by atoms with E-state index in [1.807, 2.05) is 44.3 Å². The molecule has 0 N–H and O–H groups in total. The second-order valence-electron chi connectivity index (χ2n) is 10.6. The molecule has 2 heterocycles. The zero-order valence-corrected chi connectivity index (χ0v) is 23.9. The topological polar surface area (TPSA) is 40.6 Å². The Kier molecular flexibility index (Phi) is 8.27. The van der Waals surface area contributed by atoms with Gasteiger partial charge in [-0.25, -0.2) is 13.8 Å². The van der Waals surface area contributed by atoms with Crippen LogP contribution in [0, 0.1) is 25.6 Å². The van der Waals surface area contributed by atoms with Gasteiger partial charge >= 0.3 is 0 Å². The zero-order chi connectivity index (χ0) is 26.9. The standard InChI is InChI=1S/C30H31F2NO3.H3PS/c1-18-9-24(36-17-30(32)5-7-34-8-6-30)10-19(2)29(18)20-3-4-27(31)23(11-20)16-35-28-14-22-12-21-13-25(21)26(22)15-33-28;1-2/h3-4,9-11,14-15,21,25H,5-8,12-13,16-17H2,1-2H3;2H,1H2. The van der Waals surface area contributed by atoms with Gasteiger partial charge in [0.25, 0.3) is 0 Å². The molecular weight excluding hydrogens is 523 g/mol. The Morgan fingerprint density at radius 2 is 1.82 bits per heavy atom. The number of halogens is 2. The molecule has 0 spiro atoms. The number of alkyl halides is 1. The molecule has 2 aliphatic carbocycles. The molecule has 4 nitrogen and oxygen atoms in total. The normalized spacial score (nSPS) is 20.6. The van der Waals surface area contributed by atoms with E-state index in [1.165, 1.54) is 23.6 Å².